The first-order valence-corrected chi connectivity index (χ1v) is 20.3. The quantitative estimate of drug-likeness (QED) is 0.0590. The molecule has 1 N–H and O–H groups in total. The van der Waals surface area contributed by atoms with E-state index in [1.54, 1.807) is 0 Å². The summed E-state index contributed by atoms with van der Waals surface area (Å²) in [4.78, 5) is 24.8. The van der Waals surface area contributed by atoms with Crippen LogP contribution in [0.5, 0.6) is 5.75 Å². The predicted molar refractivity (Wildman–Crippen MR) is 193 cm³/mol. The monoisotopic (exact) mass is 667 g/mol. The minimum Gasteiger partial charge on any atom is -0.493 e. The Kier molecular flexibility index (Phi) is 26.7. The number of phosphoric ester groups is 1. The summed E-state index contributed by atoms with van der Waals surface area (Å²) in [5, 5.41) is 0. The maximum Gasteiger partial charge on any atom is 0.472 e. The van der Waals surface area contributed by atoms with Crippen LogP contribution >= 0.6 is 7.82 Å². The molecule has 0 amide bonds. The van der Waals surface area contributed by atoms with Crippen LogP contribution in [0.1, 0.15) is 154 Å². The molecule has 0 aliphatic heterocycles. The van der Waals surface area contributed by atoms with Crippen LogP contribution in [0.2, 0.25) is 0 Å². The molecular formula is C38H70NO6P. The van der Waals surface area contributed by atoms with E-state index >= 15 is 0 Å². The number of phosphoric acid groups is 1. The van der Waals surface area contributed by atoms with E-state index in [1.165, 1.54) is 96.3 Å². The number of para-hydroxylation sites is 1. The maximum atomic E-state index is 12.5. The molecule has 2 atom stereocenters. The Labute approximate surface area is 283 Å². The minimum absolute atomic E-state index is 0.0195. The van der Waals surface area contributed by atoms with Crippen LogP contribution < -0.4 is 4.74 Å². The molecule has 0 heterocycles. The molecule has 0 aliphatic rings. The molecular weight excluding hydrogens is 597 g/mol. The van der Waals surface area contributed by atoms with E-state index in [1.807, 2.05) is 45.3 Å². The Hall–Kier alpha value is -1.24. The molecule has 0 spiro atoms. The Morgan fingerprint density at radius 2 is 1.28 bits per heavy atom. The Bertz CT molecular complexity index is 911. The lowest BCUT2D eigenvalue weighted by Gasteiger charge is -2.20. The summed E-state index contributed by atoms with van der Waals surface area (Å²) in [5.41, 5.74) is 0.995. The molecule has 2 unspecified atom stereocenters. The van der Waals surface area contributed by atoms with Gasteiger partial charge in [0, 0.05) is 12.8 Å². The van der Waals surface area contributed by atoms with Crippen LogP contribution in [0.15, 0.2) is 24.3 Å². The number of unbranched alkanes of at least 4 members (excludes halogenated alkanes) is 16. The van der Waals surface area contributed by atoms with Gasteiger partial charge in [0.25, 0.3) is 0 Å². The number of ether oxygens (including phenoxy) is 1. The van der Waals surface area contributed by atoms with Crippen LogP contribution in [0.4, 0.5) is 0 Å². The Balaban J connectivity index is 2.35. The van der Waals surface area contributed by atoms with Gasteiger partial charge in [0.05, 0.1) is 19.8 Å². The second-order valence-electron chi connectivity index (χ2n) is 13.4. The van der Waals surface area contributed by atoms with Gasteiger partial charge in [0.2, 0.25) is 0 Å². The summed E-state index contributed by atoms with van der Waals surface area (Å²) in [6.07, 6.45) is 25.1. The first-order chi connectivity index (χ1) is 22.3. The molecule has 268 valence electrons. The lowest BCUT2D eigenvalue weighted by atomic mass is 9.93. The zero-order chi connectivity index (χ0) is 33.7. The normalized spacial score (nSPS) is 13.6. The van der Waals surface area contributed by atoms with E-state index in [0.717, 1.165) is 37.1 Å². The van der Waals surface area contributed by atoms with Crippen molar-refractivity contribution in [1.82, 2.24) is 4.90 Å². The van der Waals surface area contributed by atoms with Gasteiger partial charge in [-0.2, -0.15) is 0 Å². The number of nitrogens with zero attached hydrogens (tertiary/aromatic N) is 1. The summed E-state index contributed by atoms with van der Waals surface area (Å²) in [5.74, 6) is 0.720. The molecule has 7 nitrogen and oxygen atoms in total. The number of ketones is 1. The maximum absolute atomic E-state index is 12.5. The molecule has 0 saturated carbocycles. The van der Waals surface area contributed by atoms with Gasteiger partial charge in [-0.05, 0) is 70.3 Å². The average molecular weight is 668 g/mol. The van der Waals surface area contributed by atoms with E-state index < -0.39 is 7.82 Å². The number of benzene rings is 1. The Morgan fingerprint density at radius 3 is 1.85 bits per heavy atom. The first kappa shape index (κ1) is 42.8. The fourth-order valence-electron chi connectivity index (χ4n) is 5.80. The minimum atomic E-state index is -4.19. The number of rotatable bonds is 33. The predicted octanol–water partition coefficient (Wildman–Crippen LogP) is 10.7. The van der Waals surface area contributed by atoms with Gasteiger partial charge in [0.1, 0.15) is 11.5 Å². The second kappa shape index (κ2) is 28.7. The van der Waals surface area contributed by atoms with Gasteiger partial charge in [0.15, 0.2) is 0 Å². The van der Waals surface area contributed by atoms with Crippen LogP contribution in [0.25, 0.3) is 0 Å². The third-order valence-corrected chi connectivity index (χ3v) is 9.49. The Morgan fingerprint density at radius 1 is 0.739 bits per heavy atom. The van der Waals surface area contributed by atoms with Crippen LogP contribution in [-0.2, 0) is 24.8 Å². The molecule has 0 aromatic heterocycles. The van der Waals surface area contributed by atoms with E-state index in [2.05, 4.69) is 11.8 Å². The molecule has 1 rings (SSSR count). The highest BCUT2D eigenvalue weighted by Gasteiger charge is 2.25. The number of carbonyl (C=O) groups is 1. The number of hydrogen-bond donors (Lipinski definition) is 1. The first-order valence-electron chi connectivity index (χ1n) is 18.8. The van der Waals surface area contributed by atoms with Crippen LogP contribution in [0, 0.1) is 5.92 Å². The van der Waals surface area contributed by atoms with Gasteiger partial charge in [-0.1, -0.05) is 128 Å². The molecule has 1 aromatic carbocycles. The van der Waals surface area contributed by atoms with Crippen molar-refractivity contribution in [1.29, 1.82) is 0 Å². The summed E-state index contributed by atoms with van der Waals surface area (Å²) in [7, 11) is -0.207. The number of hydrogen-bond acceptors (Lipinski definition) is 6. The van der Waals surface area contributed by atoms with Crippen LogP contribution in [-0.4, -0.2) is 56.0 Å². The third kappa shape index (κ3) is 24.9. The lowest BCUT2D eigenvalue weighted by molar-refractivity contribution is -0.120. The molecule has 0 bridgehead atoms. The SMILES string of the molecule is CCCCCCCCCCCCCCCCCCOc1ccccc1CC(COP(=O)(O)OCCCCN(C)C)CC(=O)CCC. The summed E-state index contributed by atoms with van der Waals surface area (Å²) in [6.45, 7) is 5.96. The van der Waals surface area contributed by atoms with E-state index in [-0.39, 0.29) is 24.9 Å². The molecule has 0 fully saturated rings. The molecule has 1 aromatic rings. The zero-order valence-corrected chi connectivity index (χ0v) is 31.0. The van der Waals surface area contributed by atoms with Gasteiger partial charge >= 0.3 is 7.82 Å². The van der Waals surface area contributed by atoms with E-state index in [0.29, 0.717) is 32.3 Å². The van der Waals surface area contributed by atoms with Crippen LogP contribution in [0.3, 0.4) is 0 Å². The second-order valence-corrected chi connectivity index (χ2v) is 14.9. The van der Waals surface area contributed by atoms with Gasteiger partial charge in [-0.3, -0.25) is 13.8 Å². The fourth-order valence-corrected chi connectivity index (χ4v) is 6.63. The van der Waals surface area contributed by atoms with Crippen molar-refractivity contribution in [2.75, 3.05) is 40.5 Å². The van der Waals surface area contributed by atoms with Crippen molar-refractivity contribution in [3.05, 3.63) is 29.8 Å². The van der Waals surface area contributed by atoms with Crippen molar-refractivity contribution in [2.24, 2.45) is 5.92 Å². The van der Waals surface area contributed by atoms with Gasteiger partial charge < -0.3 is 14.5 Å². The number of carbonyl (C=O) groups excluding carboxylic acids is 1. The van der Waals surface area contributed by atoms with Crippen molar-refractivity contribution >= 4 is 13.6 Å². The zero-order valence-electron chi connectivity index (χ0n) is 30.2. The molecule has 0 aliphatic carbocycles. The smallest absolute Gasteiger partial charge is 0.472 e. The van der Waals surface area contributed by atoms with Crippen molar-refractivity contribution in [3.8, 4) is 5.75 Å². The molecule has 0 saturated heterocycles. The van der Waals surface area contributed by atoms with Crippen molar-refractivity contribution < 1.29 is 28.0 Å². The highest BCUT2D eigenvalue weighted by molar-refractivity contribution is 7.47. The van der Waals surface area contributed by atoms with Crippen molar-refractivity contribution in [2.45, 2.75) is 155 Å². The third-order valence-electron chi connectivity index (χ3n) is 8.51. The number of Topliss-reactive ketones (excluding diaryl/α,β-unsaturated/α-hetero) is 1. The highest BCUT2D eigenvalue weighted by atomic mass is 31.2. The van der Waals surface area contributed by atoms with Crippen molar-refractivity contribution in [3.63, 3.8) is 0 Å². The van der Waals surface area contributed by atoms with E-state index in [4.69, 9.17) is 13.8 Å². The molecule has 0 radical (unpaired) electrons. The topological polar surface area (TPSA) is 85.3 Å². The fraction of sp³-hybridized carbons (Fsp3) is 0.816. The van der Waals surface area contributed by atoms with E-state index in [9.17, 15) is 14.3 Å². The molecule has 46 heavy (non-hydrogen) atoms. The lowest BCUT2D eigenvalue weighted by Crippen LogP contribution is -2.18. The highest BCUT2D eigenvalue weighted by Crippen LogP contribution is 2.44. The average Bonchev–Trinajstić information content (AvgIpc) is 3.02. The largest absolute Gasteiger partial charge is 0.493 e. The summed E-state index contributed by atoms with van der Waals surface area (Å²) in [6, 6.07) is 7.92. The van der Waals surface area contributed by atoms with Gasteiger partial charge in [-0.25, -0.2) is 4.57 Å². The summed E-state index contributed by atoms with van der Waals surface area (Å²) < 4.78 is 29.3. The summed E-state index contributed by atoms with van der Waals surface area (Å²) >= 11 is 0. The van der Waals surface area contributed by atoms with Gasteiger partial charge in [-0.15, -0.1) is 0 Å². The standard InChI is InChI=1S/C38H70NO6P/c1-5-7-8-9-10-11-12-13-14-15-16-17-18-19-20-24-30-43-38-28-22-21-27-36(38)32-35(33-37(40)26-6-2)34-45-46(41,42)44-31-25-23-29-39(3)4/h21-22,27-28,35H,5-20,23-26,29-34H2,1-4H3,(H,41,42). The molecule has 8 heteroatoms.